The van der Waals surface area contributed by atoms with Gasteiger partial charge in [0, 0.05) is 17.9 Å². The van der Waals surface area contributed by atoms with E-state index in [9.17, 15) is 23.1 Å². The Morgan fingerprint density at radius 1 is 1.35 bits per heavy atom. The largest absolute Gasteiger partial charge is 0.480 e. The van der Waals surface area contributed by atoms with Gasteiger partial charge in [0.05, 0.1) is 4.90 Å². The summed E-state index contributed by atoms with van der Waals surface area (Å²) in [5, 5.41) is 9.20. The molecule has 1 fully saturated rings. The van der Waals surface area contributed by atoms with Crippen LogP contribution in [0.2, 0.25) is 0 Å². The lowest BCUT2D eigenvalue weighted by molar-refractivity contribution is -0.141. The van der Waals surface area contributed by atoms with E-state index >= 15 is 0 Å². The average molecular weight is 339 g/mol. The first-order chi connectivity index (χ1) is 10.7. The highest BCUT2D eigenvalue weighted by molar-refractivity contribution is 7.90. The standard InChI is InChI=1S/C16H21NO5S/c1-4-11-5-6-12(9-14(11)23(3,21)22)15(18)17(13-7-8-13)10(2)16(19)20/h5-6,9-10,13H,4,7-8H2,1-3H3,(H,19,20). The molecule has 1 amide bonds. The molecule has 1 aromatic carbocycles. The fourth-order valence-electron chi connectivity index (χ4n) is 2.60. The lowest BCUT2D eigenvalue weighted by Crippen LogP contribution is -2.44. The number of carbonyl (C=O) groups excluding carboxylic acids is 1. The Bertz CT molecular complexity index is 737. The first-order valence-corrected chi connectivity index (χ1v) is 9.44. The SMILES string of the molecule is CCc1ccc(C(=O)N(C2CC2)C(C)C(=O)O)cc1S(C)(=O)=O. The molecule has 0 bridgehead atoms. The van der Waals surface area contributed by atoms with E-state index in [1.165, 1.54) is 17.9 Å². The summed E-state index contributed by atoms with van der Waals surface area (Å²) < 4.78 is 23.9. The van der Waals surface area contributed by atoms with Crippen LogP contribution in [-0.4, -0.2) is 48.6 Å². The van der Waals surface area contributed by atoms with Crippen LogP contribution in [0, 0.1) is 0 Å². The maximum absolute atomic E-state index is 12.7. The van der Waals surface area contributed by atoms with Gasteiger partial charge >= 0.3 is 5.97 Å². The number of carboxylic acids is 1. The molecule has 126 valence electrons. The summed E-state index contributed by atoms with van der Waals surface area (Å²) in [6.07, 6.45) is 3.19. The minimum absolute atomic E-state index is 0.0823. The van der Waals surface area contributed by atoms with Gasteiger partial charge in [-0.2, -0.15) is 0 Å². The Kier molecular flexibility index (Phi) is 4.79. The van der Waals surface area contributed by atoms with Gasteiger partial charge in [0.1, 0.15) is 6.04 Å². The minimum Gasteiger partial charge on any atom is -0.480 e. The number of nitrogens with zero attached hydrogens (tertiary/aromatic N) is 1. The van der Waals surface area contributed by atoms with Gasteiger partial charge in [-0.05, 0) is 43.9 Å². The Balaban J connectivity index is 2.44. The van der Waals surface area contributed by atoms with Crippen LogP contribution in [0.4, 0.5) is 0 Å². The zero-order chi connectivity index (χ0) is 17.4. The molecule has 0 aromatic heterocycles. The molecule has 0 radical (unpaired) electrons. The zero-order valence-corrected chi connectivity index (χ0v) is 14.3. The summed E-state index contributed by atoms with van der Waals surface area (Å²) in [4.78, 5) is 25.4. The van der Waals surface area contributed by atoms with Crippen LogP contribution in [0.5, 0.6) is 0 Å². The zero-order valence-electron chi connectivity index (χ0n) is 13.4. The fraction of sp³-hybridized carbons (Fsp3) is 0.500. The van der Waals surface area contributed by atoms with Gasteiger partial charge in [-0.25, -0.2) is 13.2 Å². The summed E-state index contributed by atoms with van der Waals surface area (Å²) in [7, 11) is -3.46. The summed E-state index contributed by atoms with van der Waals surface area (Å²) in [6, 6.07) is 3.53. The van der Waals surface area contributed by atoms with Crippen molar-refractivity contribution in [2.45, 2.75) is 50.1 Å². The third-order valence-corrected chi connectivity index (χ3v) is 5.22. The van der Waals surface area contributed by atoms with Crippen molar-refractivity contribution in [2.24, 2.45) is 0 Å². The van der Waals surface area contributed by atoms with Gasteiger partial charge in [0.2, 0.25) is 0 Å². The molecular weight excluding hydrogens is 318 g/mol. The van der Waals surface area contributed by atoms with Crippen LogP contribution >= 0.6 is 0 Å². The van der Waals surface area contributed by atoms with Gasteiger partial charge in [-0.1, -0.05) is 13.0 Å². The molecule has 1 unspecified atom stereocenters. The van der Waals surface area contributed by atoms with E-state index < -0.39 is 27.8 Å². The van der Waals surface area contributed by atoms with Gasteiger partial charge in [0.15, 0.2) is 9.84 Å². The van der Waals surface area contributed by atoms with Gasteiger partial charge in [-0.15, -0.1) is 0 Å². The van der Waals surface area contributed by atoms with Crippen molar-refractivity contribution in [2.75, 3.05) is 6.26 Å². The summed E-state index contributed by atoms with van der Waals surface area (Å²) in [5.41, 5.74) is 0.857. The maximum atomic E-state index is 12.7. The number of aliphatic carboxylic acids is 1. The molecule has 0 spiro atoms. The Morgan fingerprint density at radius 3 is 2.39 bits per heavy atom. The molecule has 1 saturated carbocycles. The maximum Gasteiger partial charge on any atom is 0.326 e. The fourth-order valence-corrected chi connectivity index (χ4v) is 3.63. The van der Waals surface area contributed by atoms with Crippen molar-refractivity contribution in [3.63, 3.8) is 0 Å². The van der Waals surface area contributed by atoms with Crippen LogP contribution < -0.4 is 0 Å². The number of rotatable bonds is 6. The predicted octanol–water partition coefficient (Wildman–Crippen LogP) is 1.73. The Morgan fingerprint density at radius 2 is 1.96 bits per heavy atom. The van der Waals surface area contributed by atoms with Crippen LogP contribution in [0.15, 0.2) is 23.1 Å². The molecule has 6 nitrogen and oxygen atoms in total. The number of aryl methyl sites for hydroxylation is 1. The lowest BCUT2D eigenvalue weighted by Gasteiger charge is -2.26. The molecule has 0 saturated heterocycles. The molecule has 1 aliphatic rings. The lowest BCUT2D eigenvalue weighted by atomic mass is 10.1. The third-order valence-electron chi connectivity index (χ3n) is 4.04. The second-order valence-corrected chi connectivity index (χ2v) is 7.89. The molecule has 1 aromatic rings. The van der Waals surface area contributed by atoms with E-state index in [0.29, 0.717) is 12.0 Å². The molecule has 1 aliphatic carbocycles. The number of carboxylic acid groups (broad SMARTS) is 1. The van der Waals surface area contributed by atoms with E-state index in [1.54, 1.807) is 12.1 Å². The molecule has 23 heavy (non-hydrogen) atoms. The summed E-state index contributed by atoms with van der Waals surface area (Å²) in [5.74, 6) is -1.51. The number of sulfone groups is 1. The monoisotopic (exact) mass is 339 g/mol. The molecule has 1 N–H and O–H groups in total. The van der Waals surface area contributed by atoms with E-state index in [0.717, 1.165) is 19.1 Å². The van der Waals surface area contributed by atoms with Crippen molar-refractivity contribution < 1.29 is 23.1 Å². The molecule has 0 aliphatic heterocycles. The summed E-state index contributed by atoms with van der Waals surface area (Å²) >= 11 is 0. The number of hydrogen-bond acceptors (Lipinski definition) is 4. The van der Waals surface area contributed by atoms with Crippen LogP contribution in [-0.2, 0) is 21.1 Å². The number of amides is 1. The highest BCUT2D eigenvalue weighted by atomic mass is 32.2. The normalized spacial score (nSPS) is 16.0. The van der Waals surface area contributed by atoms with Crippen LogP contribution in [0.25, 0.3) is 0 Å². The Hall–Kier alpha value is -1.89. The van der Waals surface area contributed by atoms with Gasteiger partial charge < -0.3 is 10.0 Å². The van der Waals surface area contributed by atoms with E-state index in [2.05, 4.69) is 0 Å². The second-order valence-electron chi connectivity index (χ2n) is 5.91. The molecule has 7 heteroatoms. The quantitative estimate of drug-likeness (QED) is 0.852. The van der Waals surface area contributed by atoms with Crippen molar-refractivity contribution in [3.05, 3.63) is 29.3 Å². The van der Waals surface area contributed by atoms with Crippen molar-refractivity contribution >= 4 is 21.7 Å². The van der Waals surface area contributed by atoms with E-state index in [-0.39, 0.29) is 16.5 Å². The van der Waals surface area contributed by atoms with E-state index in [4.69, 9.17) is 0 Å². The molecule has 0 heterocycles. The highest BCUT2D eigenvalue weighted by Crippen LogP contribution is 2.31. The van der Waals surface area contributed by atoms with Crippen molar-refractivity contribution in [3.8, 4) is 0 Å². The summed E-state index contributed by atoms with van der Waals surface area (Å²) in [6.45, 7) is 3.31. The third kappa shape index (κ3) is 3.72. The predicted molar refractivity (Wildman–Crippen MR) is 85.2 cm³/mol. The Labute approximate surface area is 136 Å². The number of carbonyl (C=O) groups is 2. The van der Waals surface area contributed by atoms with Gasteiger partial charge in [0.25, 0.3) is 5.91 Å². The first kappa shape index (κ1) is 17.5. The van der Waals surface area contributed by atoms with Crippen LogP contribution in [0.1, 0.15) is 42.6 Å². The molecule has 1 atom stereocenters. The smallest absolute Gasteiger partial charge is 0.326 e. The topological polar surface area (TPSA) is 91.8 Å². The number of hydrogen-bond donors (Lipinski definition) is 1. The second kappa shape index (κ2) is 6.31. The van der Waals surface area contributed by atoms with Crippen molar-refractivity contribution in [1.82, 2.24) is 4.90 Å². The minimum atomic E-state index is -3.46. The molecule has 2 rings (SSSR count). The molecular formula is C16H21NO5S. The van der Waals surface area contributed by atoms with Crippen molar-refractivity contribution in [1.29, 1.82) is 0 Å². The average Bonchev–Trinajstić information content (AvgIpc) is 3.30. The van der Waals surface area contributed by atoms with E-state index in [1.807, 2.05) is 6.92 Å². The number of benzene rings is 1. The first-order valence-electron chi connectivity index (χ1n) is 7.55. The highest BCUT2D eigenvalue weighted by Gasteiger charge is 2.39. The van der Waals surface area contributed by atoms with Gasteiger partial charge in [-0.3, -0.25) is 4.79 Å². The van der Waals surface area contributed by atoms with Crippen LogP contribution in [0.3, 0.4) is 0 Å².